The number of rotatable bonds is 4. The zero-order valence-electron chi connectivity index (χ0n) is 10.5. The van der Waals surface area contributed by atoms with Crippen molar-refractivity contribution in [1.82, 2.24) is 5.32 Å². The molecule has 0 aromatic heterocycles. The standard InChI is InChI=1S/C12H14F2N2O2S/c1-6-3-4-8(13)11(10(6)14)16-12(18)9(5-19)15-7(2)17/h3-4,9,19H,5H2,1-2H3,(H,15,17)(H,16,18). The molecule has 0 aliphatic carbocycles. The number of hydrogen-bond donors (Lipinski definition) is 3. The van der Waals surface area contributed by atoms with Gasteiger partial charge in [0.25, 0.3) is 0 Å². The van der Waals surface area contributed by atoms with Crippen molar-refractivity contribution in [2.75, 3.05) is 11.1 Å². The molecule has 1 aromatic rings. The predicted octanol–water partition coefficient (Wildman–Crippen LogP) is 1.65. The van der Waals surface area contributed by atoms with Gasteiger partial charge in [-0.05, 0) is 18.6 Å². The summed E-state index contributed by atoms with van der Waals surface area (Å²) in [5.41, 5.74) is -0.319. The monoisotopic (exact) mass is 288 g/mol. The van der Waals surface area contributed by atoms with Crippen LogP contribution in [0.15, 0.2) is 12.1 Å². The van der Waals surface area contributed by atoms with E-state index in [-0.39, 0.29) is 11.3 Å². The first-order valence-corrected chi connectivity index (χ1v) is 6.13. The van der Waals surface area contributed by atoms with E-state index in [2.05, 4.69) is 23.3 Å². The second-order valence-corrected chi connectivity index (χ2v) is 4.34. The van der Waals surface area contributed by atoms with E-state index in [1.807, 2.05) is 0 Å². The Kier molecular flexibility index (Phi) is 5.29. The van der Waals surface area contributed by atoms with Gasteiger partial charge in [0.15, 0.2) is 5.82 Å². The van der Waals surface area contributed by atoms with Crippen molar-refractivity contribution < 1.29 is 18.4 Å². The normalized spacial score (nSPS) is 11.8. The predicted molar refractivity (Wildman–Crippen MR) is 71.2 cm³/mol. The number of hydrogen-bond acceptors (Lipinski definition) is 3. The maximum atomic E-state index is 13.7. The van der Waals surface area contributed by atoms with Crippen LogP contribution in [0.3, 0.4) is 0 Å². The fraction of sp³-hybridized carbons (Fsp3) is 0.333. The van der Waals surface area contributed by atoms with Crippen LogP contribution >= 0.6 is 12.6 Å². The maximum Gasteiger partial charge on any atom is 0.247 e. The molecule has 0 fully saturated rings. The SMILES string of the molecule is CC(=O)NC(CS)C(=O)Nc1c(F)ccc(C)c1F. The Hall–Kier alpha value is -1.63. The first kappa shape index (κ1) is 15.4. The summed E-state index contributed by atoms with van der Waals surface area (Å²) in [6, 6.07) is 1.37. The van der Waals surface area contributed by atoms with Crippen molar-refractivity contribution in [3.05, 3.63) is 29.3 Å². The fourth-order valence-electron chi connectivity index (χ4n) is 1.42. The smallest absolute Gasteiger partial charge is 0.247 e. The van der Waals surface area contributed by atoms with Gasteiger partial charge in [-0.2, -0.15) is 12.6 Å². The lowest BCUT2D eigenvalue weighted by Gasteiger charge is -2.16. The topological polar surface area (TPSA) is 58.2 Å². The van der Waals surface area contributed by atoms with Gasteiger partial charge in [0.1, 0.15) is 17.5 Å². The summed E-state index contributed by atoms with van der Waals surface area (Å²) in [5.74, 6) is -2.86. The third kappa shape index (κ3) is 3.92. The summed E-state index contributed by atoms with van der Waals surface area (Å²) in [6.07, 6.45) is 0. The zero-order chi connectivity index (χ0) is 14.6. The molecule has 1 unspecified atom stereocenters. The van der Waals surface area contributed by atoms with E-state index in [9.17, 15) is 18.4 Å². The van der Waals surface area contributed by atoms with E-state index in [0.717, 1.165) is 6.07 Å². The van der Waals surface area contributed by atoms with Gasteiger partial charge >= 0.3 is 0 Å². The zero-order valence-corrected chi connectivity index (χ0v) is 11.4. The number of carbonyl (C=O) groups is 2. The maximum absolute atomic E-state index is 13.7. The van der Waals surface area contributed by atoms with Crippen LogP contribution in [0.5, 0.6) is 0 Å². The number of aryl methyl sites for hydroxylation is 1. The van der Waals surface area contributed by atoms with E-state index in [4.69, 9.17) is 0 Å². The molecule has 0 radical (unpaired) electrons. The highest BCUT2D eigenvalue weighted by atomic mass is 32.1. The van der Waals surface area contributed by atoms with Crippen molar-refractivity contribution in [2.24, 2.45) is 0 Å². The Morgan fingerprint density at radius 1 is 1.37 bits per heavy atom. The minimum Gasteiger partial charge on any atom is -0.344 e. The minimum absolute atomic E-state index is 0.0144. The molecule has 0 aliphatic heterocycles. The molecule has 2 amide bonds. The number of amides is 2. The van der Waals surface area contributed by atoms with E-state index < -0.39 is 35.2 Å². The number of thiol groups is 1. The molecular weight excluding hydrogens is 274 g/mol. The molecule has 104 valence electrons. The number of benzene rings is 1. The van der Waals surface area contributed by atoms with E-state index in [1.54, 1.807) is 0 Å². The van der Waals surface area contributed by atoms with E-state index >= 15 is 0 Å². The van der Waals surface area contributed by atoms with Crippen LogP contribution < -0.4 is 10.6 Å². The minimum atomic E-state index is -0.958. The van der Waals surface area contributed by atoms with Crippen LogP contribution in [-0.4, -0.2) is 23.6 Å². The molecule has 0 spiro atoms. The highest BCUT2D eigenvalue weighted by Gasteiger charge is 2.21. The summed E-state index contributed by atoms with van der Waals surface area (Å²) in [7, 11) is 0. The number of nitrogens with one attached hydrogen (secondary N) is 2. The highest BCUT2D eigenvalue weighted by Crippen LogP contribution is 2.21. The van der Waals surface area contributed by atoms with Crippen LogP contribution in [0.2, 0.25) is 0 Å². The van der Waals surface area contributed by atoms with Crippen molar-refractivity contribution in [3.8, 4) is 0 Å². The second kappa shape index (κ2) is 6.51. The van der Waals surface area contributed by atoms with E-state index in [1.165, 1.54) is 19.9 Å². The number of halogens is 2. The van der Waals surface area contributed by atoms with Gasteiger partial charge in [0, 0.05) is 12.7 Å². The van der Waals surface area contributed by atoms with Crippen molar-refractivity contribution >= 4 is 30.1 Å². The lowest BCUT2D eigenvalue weighted by molar-refractivity contribution is -0.124. The first-order chi connectivity index (χ1) is 8.86. The molecule has 19 heavy (non-hydrogen) atoms. The van der Waals surface area contributed by atoms with Gasteiger partial charge in [0.05, 0.1) is 0 Å². The highest BCUT2D eigenvalue weighted by molar-refractivity contribution is 7.80. The molecule has 4 nitrogen and oxygen atoms in total. The van der Waals surface area contributed by atoms with Crippen molar-refractivity contribution in [2.45, 2.75) is 19.9 Å². The van der Waals surface area contributed by atoms with Crippen LogP contribution in [0.25, 0.3) is 0 Å². The fourth-order valence-corrected chi connectivity index (χ4v) is 1.68. The molecule has 0 saturated carbocycles. The Bertz CT molecular complexity index is 509. The summed E-state index contributed by atoms with van der Waals surface area (Å²) in [4.78, 5) is 22.7. The second-order valence-electron chi connectivity index (χ2n) is 3.98. The molecule has 0 bridgehead atoms. The Morgan fingerprint density at radius 2 is 2.00 bits per heavy atom. The molecule has 0 aliphatic rings. The van der Waals surface area contributed by atoms with Gasteiger partial charge in [-0.15, -0.1) is 0 Å². The van der Waals surface area contributed by atoms with Gasteiger partial charge < -0.3 is 10.6 Å². The lowest BCUT2D eigenvalue weighted by atomic mass is 10.2. The summed E-state index contributed by atoms with van der Waals surface area (Å²) >= 11 is 3.91. The third-order valence-electron chi connectivity index (χ3n) is 2.41. The largest absolute Gasteiger partial charge is 0.344 e. The van der Waals surface area contributed by atoms with Crippen molar-refractivity contribution in [1.29, 1.82) is 0 Å². The Morgan fingerprint density at radius 3 is 2.53 bits per heavy atom. The average molecular weight is 288 g/mol. The third-order valence-corrected chi connectivity index (χ3v) is 2.77. The molecule has 0 saturated heterocycles. The molecule has 0 heterocycles. The van der Waals surface area contributed by atoms with Gasteiger partial charge in [-0.1, -0.05) is 6.07 Å². The Balaban J connectivity index is 2.93. The molecule has 2 N–H and O–H groups in total. The quantitative estimate of drug-likeness (QED) is 0.738. The van der Waals surface area contributed by atoms with Crippen LogP contribution in [0, 0.1) is 18.6 Å². The first-order valence-electron chi connectivity index (χ1n) is 5.50. The molecule has 1 aromatic carbocycles. The van der Waals surface area contributed by atoms with Crippen molar-refractivity contribution in [3.63, 3.8) is 0 Å². The summed E-state index contributed by atoms with van der Waals surface area (Å²) in [5, 5.41) is 4.45. The Labute approximate surface area is 115 Å². The van der Waals surface area contributed by atoms with Gasteiger partial charge in [-0.3, -0.25) is 9.59 Å². The number of anilines is 1. The lowest BCUT2D eigenvalue weighted by Crippen LogP contribution is -2.44. The van der Waals surface area contributed by atoms with Crippen LogP contribution in [0.1, 0.15) is 12.5 Å². The van der Waals surface area contributed by atoms with Gasteiger partial charge in [-0.25, -0.2) is 8.78 Å². The van der Waals surface area contributed by atoms with Gasteiger partial charge in [0.2, 0.25) is 11.8 Å². The average Bonchev–Trinajstić information content (AvgIpc) is 2.35. The number of carbonyl (C=O) groups excluding carboxylic acids is 2. The van der Waals surface area contributed by atoms with Crippen LogP contribution in [0.4, 0.5) is 14.5 Å². The van der Waals surface area contributed by atoms with E-state index in [0.29, 0.717) is 0 Å². The molecular formula is C12H14F2N2O2S. The van der Waals surface area contributed by atoms with Crippen LogP contribution in [-0.2, 0) is 9.59 Å². The molecule has 7 heteroatoms. The summed E-state index contributed by atoms with van der Waals surface area (Å²) < 4.78 is 27.2. The molecule has 1 rings (SSSR count). The summed E-state index contributed by atoms with van der Waals surface area (Å²) in [6.45, 7) is 2.69. The molecule has 1 atom stereocenters.